The fourth-order valence-corrected chi connectivity index (χ4v) is 0.912. The molecule has 0 fully saturated rings. The molecule has 0 heterocycles. The minimum absolute atomic E-state index is 0.451. The van der Waals surface area contributed by atoms with Gasteiger partial charge >= 0.3 is 7.18 Å². The molecule has 6 heteroatoms. The summed E-state index contributed by atoms with van der Waals surface area (Å²) in [6.07, 6.45) is 0. The molecule has 0 aliphatic carbocycles. The number of methoxy groups -OCH3 is 1. The zero-order chi connectivity index (χ0) is 10.6. The van der Waals surface area contributed by atoms with Gasteiger partial charge in [0, 0.05) is 6.61 Å². The van der Waals surface area contributed by atoms with Gasteiger partial charge in [-0.25, -0.2) is 0 Å². The predicted octanol–water partition coefficient (Wildman–Crippen LogP) is 2.56. The van der Waals surface area contributed by atoms with Crippen molar-refractivity contribution in [2.75, 3.05) is 7.11 Å². The van der Waals surface area contributed by atoms with Crippen LogP contribution in [0.3, 0.4) is 0 Å². The lowest BCUT2D eigenvalue weighted by Crippen LogP contribution is -2.20. The maximum Gasteiger partial charge on any atom is 0.637 e. The van der Waals surface area contributed by atoms with Gasteiger partial charge in [0.05, 0.1) is 7.11 Å². The molecule has 0 N–H and O–H groups in total. The highest BCUT2D eigenvalue weighted by atomic mass is 19.4. The summed E-state index contributed by atoms with van der Waals surface area (Å²) in [7, 11) is -3.68. The van der Waals surface area contributed by atoms with Crippen molar-refractivity contribution in [2.24, 2.45) is 0 Å². The zero-order valence-electron chi connectivity index (χ0n) is 7.54. The fourth-order valence-electron chi connectivity index (χ4n) is 0.912. The summed E-state index contributed by atoms with van der Waals surface area (Å²) in [6, 6.07) is 6.23. The van der Waals surface area contributed by atoms with E-state index in [-0.39, 0.29) is 0 Å². The third-order valence-electron chi connectivity index (χ3n) is 1.60. The highest BCUT2D eigenvalue weighted by Crippen LogP contribution is 2.16. The second-order valence-electron chi connectivity index (χ2n) is 2.67. The van der Waals surface area contributed by atoms with Crippen LogP contribution in [0.25, 0.3) is 0 Å². The molecular formula is C8H9BF3O2-. The van der Waals surface area contributed by atoms with Crippen LogP contribution in [0.15, 0.2) is 24.3 Å². The van der Waals surface area contributed by atoms with Crippen LogP contribution in [0.1, 0.15) is 5.56 Å². The molecule has 1 rings (SSSR count). The van der Waals surface area contributed by atoms with E-state index in [2.05, 4.69) is 4.65 Å². The maximum atomic E-state index is 11.7. The molecule has 0 aliphatic heterocycles. The topological polar surface area (TPSA) is 18.5 Å². The van der Waals surface area contributed by atoms with E-state index in [0.29, 0.717) is 11.3 Å². The van der Waals surface area contributed by atoms with E-state index >= 15 is 0 Å². The van der Waals surface area contributed by atoms with E-state index in [1.807, 2.05) is 0 Å². The Morgan fingerprint density at radius 1 is 1.14 bits per heavy atom. The first-order valence-corrected chi connectivity index (χ1v) is 3.97. The van der Waals surface area contributed by atoms with Crippen LogP contribution >= 0.6 is 0 Å². The highest BCUT2D eigenvalue weighted by molar-refractivity contribution is 6.51. The SMILES string of the molecule is COc1ccc(CO[B-](F)(F)F)cc1. The van der Waals surface area contributed by atoms with Gasteiger partial charge in [-0.2, -0.15) is 0 Å². The van der Waals surface area contributed by atoms with E-state index < -0.39 is 13.8 Å². The van der Waals surface area contributed by atoms with Gasteiger partial charge < -0.3 is 22.3 Å². The minimum Gasteiger partial charge on any atom is -0.504 e. The van der Waals surface area contributed by atoms with Crippen LogP contribution in [0.5, 0.6) is 5.75 Å². The number of halogens is 3. The minimum atomic E-state index is -5.17. The number of hydrogen-bond acceptors (Lipinski definition) is 2. The monoisotopic (exact) mass is 205 g/mol. The lowest BCUT2D eigenvalue weighted by Gasteiger charge is -2.16. The second-order valence-corrected chi connectivity index (χ2v) is 2.67. The Bertz CT molecular complexity index is 284. The molecule has 1 aromatic rings. The Morgan fingerprint density at radius 3 is 2.14 bits per heavy atom. The summed E-state index contributed by atoms with van der Waals surface area (Å²) in [5.41, 5.74) is 0.463. The number of benzene rings is 1. The van der Waals surface area contributed by atoms with E-state index in [1.165, 1.54) is 19.2 Å². The first-order chi connectivity index (χ1) is 6.51. The number of hydrogen-bond donors (Lipinski definition) is 0. The fraction of sp³-hybridized carbons (Fsp3) is 0.250. The Labute approximate surface area is 79.7 Å². The Hall–Kier alpha value is -1.17. The quantitative estimate of drug-likeness (QED) is 0.703. The largest absolute Gasteiger partial charge is 0.637 e. The first-order valence-electron chi connectivity index (χ1n) is 3.97. The molecule has 1 aromatic carbocycles. The van der Waals surface area contributed by atoms with Crippen molar-refractivity contribution in [3.8, 4) is 5.75 Å². The summed E-state index contributed by atoms with van der Waals surface area (Å²) < 4.78 is 43.7. The molecular weight excluding hydrogens is 196 g/mol. The van der Waals surface area contributed by atoms with E-state index in [4.69, 9.17) is 4.74 Å². The summed E-state index contributed by atoms with van der Waals surface area (Å²) in [5, 5.41) is 0. The lowest BCUT2D eigenvalue weighted by molar-refractivity contribution is 0.166. The molecule has 78 valence electrons. The average molecular weight is 205 g/mol. The summed E-state index contributed by atoms with van der Waals surface area (Å²) in [5.74, 6) is 0.603. The summed E-state index contributed by atoms with van der Waals surface area (Å²) >= 11 is 0. The number of rotatable bonds is 4. The molecule has 0 bridgehead atoms. The molecule has 0 atom stereocenters. The van der Waals surface area contributed by atoms with Crippen molar-refractivity contribution < 1.29 is 22.3 Å². The smallest absolute Gasteiger partial charge is 0.504 e. The molecule has 0 aliphatic rings. The molecule has 0 spiro atoms. The van der Waals surface area contributed by atoms with Gasteiger partial charge in [0.1, 0.15) is 5.75 Å². The van der Waals surface area contributed by atoms with Crippen molar-refractivity contribution in [3.05, 3.63) is 29.8 Å². The number of ether oxygens (including phenoxy) is 1. The van der Waals surface area contributed by atoms with Gasteiger partial charge in [-0.1, -0.05) is 12.1 Å². The van der Waals surface area contributed by atoms with Crippen LogP contribution in [-0.4, -0.2) is 14.3 Å². The molecule has 0 saturated carbocycles. The van der Waals surface area contributed by atoms with Crippen LogP contribution in [0.2, 0.25) is 0 Å². The van der Waals surface area contributed by atoms with E-state index in [0.717, 1.165) is 0 Å². The molecule has 0 radical (unpaired) electrons. The van der Waals surface area contributed by atoms with Crippen LogP contribution in [-0.2, 0) is 11.3 Å². The normalized spacial score (nSPS) is 11.4. The molecule has 2 nitrogen and oxygen atoms in total. The van der Waals surface area contributed by atoms with Gasteiger partial charge in [-0.3, -0.25) is 0 Å². The second kappa shape index (κ2) is 4.37. The summed E-state index contributed by atoms with van der Waals surface area (Å²) in [4.78, 5) is 0. The van der Waals surface area contributed by atoms with Gasteiger partial charge in [-0.05, 0) is 17.7 Å². The van der Waals surface area contributed by atoms with Crippen molar-refractivity contribution in [2.45, 2.75) is 6.61 Å². The molecule has 0 unspecified atom stereocenters. The van der Waals surface area contributed by atoms with Gasteiger partial charge in [0.15, 0.2) is 0 Å². The van der Waals surface area contributed by atoms with Crippen molar-refractivity contribution in [1.29, 1.82) is 0 Å². The molecule has 14 heavy (non-hydrogen) atoms. The van der Waals surface area contributed by atoms with E-state index in [1.54, 1.807) is 12.1 Å². The van der Waals surface area contributed by atoms with Gasteiger partial charge in [0.25, 0.3) is 0 Å². The lowest BCUT2D eigenvalue weighted by atomic mass is 10.2. The first kappa shape index (κ1) is 10.9. The molecule has 0 amide bonds. The standard InChI is InChI=1S/C8H9BF3O2/c1-13-8-4-2-7(3-5-8)6-14-9(10,11)12/h2-5H,6H2,1H3/q-1. The van der Waals surface area contributed by atoms with Crippen LogP contribution in [0.4, 0.5) is 12.9 Å². The predicted molar refractivity (Wildman–Crippen MR) is 46.9 cm³/mol. The van der Waals surface area contributed by atoms with Crippen LogP contribution < -0.4 is 4.74 Å². The van der Waals surface area contributed by atoms with Crippen molar-refractivity contribution in [1.82, 2.24) is 0 Å². The third kappa shape index (κ3) is 3.70. The highest BCUT2D eigenvalue weighted by Gasteiger charge is 2.24. The van der Waals surface area contributed by atoms with Gasteiger partial charge in [-0.15, -0.1) is 0 Å². The van der Waals surface area contributed by atoms with Crippen LogP contribution in [0, 0.1) is 0 Å². The third-order valence-corrected chi connectivity index (χ3v) is 1.60. The molecule has 0 saturated heterocycles. The average Bonchev–Trinajstić information content (AvgIpc) is 2.14. The Balaban J connectivity index is 2.52. The Kier molecular flexibility index (Phi) is 3.40. The van der Waals surface area contributed by atoms with Gasteiger partial charge in [0.2, 0.25) is 0 Å². The molecule has 0 aromatic heterocycles. The zero-order valence-corrected chi connectivity index (χ0v) is 7.54. The maximum absolute atomic E-state index is 11.7. The Morgan fingerprint density at radius 2 is 1.71 bits per heavy atom. The van der Waals surface area contributed by atoms with Crippen molar-refractivity contribution in [3.63, 3.8) is 0 Å². The van der Waals surface area contributed by atoms with E-state index in [9.17, 15) is 12.9 Å². The summed E-state index contributed by atoms with van der Waals surface area (Å²) in [6.45, 7) is -0.451. The van der Waals surface area contributed by atoms with Crippen molar-refractivity contribution >= 4 is 7.18 Å².